The lowest BCUT2D eigenvalue weighted by atomic mass is 9.31. The Morgan fingerprint density at radius 2 is 0.706 bits per heavy atom. The maximum absolute atomic E-state index is 7.36. The summed E-state index contributed by atoms with van der Waals surface area (Å²) in [6, 6.07) is 59.1. The van der Waals surface area contributed by atoms with Gasteiger partial charge in [-0.1, -0.05) is 113 Å². The highest BCUT2D eigenvalue weighted by Crippen LogP contribution is 2.47. The molecule has 4 aliphatic heterocycles. The second-order valence-electron chi connectivity index (χ2n) is 19.8. The third-order valence-electron chi connectivity index (χ3n) is 15.1. The molecule has 0 fully saturated rings. The van der Waals surface area contributed by atoms with Crippen molar-refractivity contribution in [2.45, 2.75) is 55.4 Å². The molecule has 4 aliphatic rings. The van der Waals surface area contributed by atoms with Gasteiger partial charge in [0.2, 0.25) is 0 Å². The molecule has 68 heavy (non-hydrogen) atoms. The van der Waals surface area contributed by atoms with Crippen molar-refractivity contribution in [2.24, 2.45) is 0 Å². The molecule has 0 N–H and O–H groups in total. The van der Waals surface area contributed by atoms with Crippen LogP contribution in [0.5, 0.6) is 23.0 Å². The number of hydrogen-bond acceptors (Lipinski definition) is 4. The zero-order chi connectivity index (χ0) is 46.3. The first kappa shape index (κ1) is 40.6. The average molecular weight is 877 g/mol. The molecule has 13 rings (SSSR count). The van der Waals surface area contributed by atoms with Crippen LogP contribution < -0.4 is 52.1 Å². The first-order valence-electron chi connectivity index (χ1n) is 24.0. The van der Waals surface area contributed by atoms with Crippen molar-refractivity contribution in [3.63, 3.8) is 0 Å². The topological polar surface area (TPSA) is 24.9 Å². The maximum atomic E-state index is 7.36. The minimum Gasteiger partial charge on any atom is -0.458 e. The molecule has 4 nitrogen and oxygen atoms in total. The Bertz CT molecular complexity index is 3360. The molecule has 0 unspecified atom stereocenters. The third kappa shape index (κ3) is 6.02. The maximum Gasteiger partial charge on any atom is 0.256 e. The van der Waals surface area contributed by atoms with Crippen LogP contribution in [0.4, 0.5) is 34.1 Å². The summed E-state index contributed by atoms with van der Waals surface area (Å²) in [5, 5.41) is 0. The molecule has 9 aromatic rings. The van der Waals surface area contributed by atoms with Crippen LogP contribution in [0.1, 0.15) is 44.5 Å². The lowest BCUT2D eigenvalue weighted by Gasteiger charge is -2.42. The van der Waals surface area contributed by atoms with Crippen LogP contribution in [-0.2, 0) is 0 Å². The minimum atomic E-state index is -0.0884. The van der Waals surface area contributed by atoms with Crippen molar-refractivity contribution in [1.29, 1.82) is 0 Å². The van der Waals surface area contributed by atoms with E-state index in [1.54, 1.807) is 0 Å². The molecule has 0 aromatic heterocycles. The van der Waals surface area contributed by atoms with Crippen LogP contribution in [0.2, 0.25) is 0 Å². The summed E-state index contributed by atoms with van der Waals surface area (Å²) in [5.41, 5.74) is 28.8. The zero-order valence-corrected chi connectivity index (χ0v) is 39.9. The monoisotopic (exact) mass is 876 g/mol. The Hall–Kier alpha value is -7.69. The molecular formula is C62H50B2N2O2. The molecule has 4 heterocycles. The standard InChI is InChI=1S/C62H50B2N2O2/c1-35-15-21-45(22-16-35)65-51-25-19-37(3)27-47(51)63-49-33-50-56(34-55(49)67-57-31-43(29-53(65)61(57)63)59-39(5)11-9-12-40(59)6)68-58-32-44(60-41(7)13-10-14-42(60)8)30-54-62(58)64(50)48-28-38(4)20-26-52(48)66(54)46-23-17-36(2)18-24-46/h9-34H,1-8H3. The molecule has 0 aliphatic carbocycles. The Balaban J connectivity index is 1.08. The van der Waals surface area contributed by atoms with Gasteiger partial charge in [0.15, 0.2) is 0 Å². The molecule has 0 atom stereocenters. The molecular weight excluding hydrogens is 826 g/mol. The van der Waals surface area contributed by atoms with Gasteiger partial charge in [0.05, 0.1) is 0 Å². The zero-order valence-electron chi connectivity index (χ0n) is 39.9. The van der Waals surface area contributed by atoms with E-state index in [1.165, 1.54) is 88.9 Å². The Kier molecular flexibility index (Phi) is 8.89. The van der Waals surface area contributed by atoms with Crippen LogP contribution in [0.25, 0.3) is 22.3 Å². The normalized spacial score (nSPS) is 13.4. The molecule has 326 valence electrons. The van der Waals surface area contributed by atoms with E-state index in [9.17, 15) is 0 Å². The van der Waals surface area contributed by atoms with Crippen molar-refractivity contribution < 1.29 is 9.47 Å². The van der Waals surface area contributed by atoms with Gasteiger partial charge in [0, 0.05) is 40.2 Å². The highest BCUT2D eigenvalue weighted by atomic mass is 16.5. The summed E-state index contributed by atoms with van der Waals surface area (Å²) >= 11 is 0. The van der Waals surface area contributed by atoms with E-state index < -0.39 is 0 Å². The Labute approximate surface area is 400 Å². The second kappa shape index (κ2) is 14.9. The second-order valence-corrected chi connectivity index (χ2v) is 19.8. The summed E-state index contributed by atoms with van der Waals surface area (Å²) < 4.78 is 14.7. The smallest absolute Gasteiger partial charge is 0.256 e. The van der Waals surface area contributed by atoms with Gasteiger partial charge < -0.3 is 19.3 Å². The van der Waals surface area contributed by atoms with E-state index >= 15 is 0 Å². The molecule has 0 saturated heterocycles. The number of aryl methyl sites for hydroxylation is 8. The number of anilines is 6. The van der Waals surface area contributed by atoms with E-state index in [0.717, 1.165) is 67.8 Å². The fourth-order valence-electron chi connectivity index (χ4n) is 12.0. The summed E-state index contributed by atoms with van der Waals surface area (Å²) in [7, 11) is 0. The predicted molar refractivity (Wildman–Crippen MR) is 287 cm³/mol. The minimum absolute atomic E-state index is 0.0884. The van der Waals surface area contributed by atoms with Crippen LogP contribution in [0.15, 0.2) is 158 Å². The molecule has 0 amide bonds. The number of benzene rings is 9. The van der Waals surface area contributed by atoms with Gasteiger partial charge in [-0.25, -0.2) is 0 Å². The molecule has 0 spiro atoms. The van der Waals surface area contributed by atoms with Gasteiger partial charge in [0.25, 0.3) is 13.4 Å². The highest BCUT2D eigenvalue weighted by molar-refractivity contribution is 7.02. The van der Waals surface area contributed by atoms with Gasteiger partial charge in [-0.15, -0.1) is 0 Å². The molecule has 0 bridgehead atoms. The average Bonchev–Trinajstić information content (AvgIpc) is 3.31. The molecule has 0 saturated carbocycles. The number of hydrogen-bond donors (Lipinski definition) is 0. The van der Waals surface area contributed by atoms with Crippen molar-refractivity contribution >= 4 is 80.3 Å². The van der Waals surface area contributed by atoms with Gasteiger partial charge >= 0.3 is 0 Å². The van der Waals surface area contributed by atoms with Gasteiger partial charge in [0.1, 0.15) is 23.0 Å². The summed E-state index contributed by atoms with van der Waals surface area (Å²) in [4.78, 5) is 4.93. The van der Waals surface area contributed by atoms with E-state index in [4.69, 9.17) is 9.47 Å². The number of rotatable bonds is 4. The fraction of sp³-hybridized carbons (Fsp3) is 0.129. The number of nitrogens with zero attached hydrogens (tertiary/aromatic N) is 2. The van der Waals surface area contributed by atoms with E-state index in [2.05, 4.69) is 223 Å². The predicted octanol–water partition coefficient (Wildman–Crippen LogP) is 12.3. The molecule has 6 heteroatoms. The van der Waals surface area contributed by atoms with Crippen molar-refractivity contribution in [1.82, 2.24) is 0 Å². The third-order valence-corrected chi connectivity index (χ3v) is 15.1. The van der Waals surface area contributed by atoms with Gasteiger partial charge in [-0.2, -0.15) is 0 Å². The number of ether oxygens (including phenoxy) is 2. The van der Waals surface area contributed by atoms with Crippen LogP contribution >= 0.6 is 0 Å². The van der Waals surface area contributed by atoms with E-state index in [0.29, 0.717) is 0 Å². The lowest BCUT2D eigenvalue weighted by Crippen LogP contribution is -2.63. The quantitative estimate of drug-likeness (QED) is 0.165. The molecule has 0 radical (unpaired) electrons. The first-order valence-corrected chi connectivity index (χ1v) is 24.0. The van der Waals surface area contributed by atoms with Crippen molar-refractivity contribution in [2.75, 3.05) is 9.80 Å². The van der Waals surface area contributed by atoms with Crippen molar-refractivity contribution in [3.05, 3.63) is 202 Å². The number of fused-ring (bicyclic) bond motifs is 8. The van der Waals surface area contributed by atoms with Gasteiger partial charge in [-0.05, 0) is 193 Å². The van der Waals surface area contributed by atoms with Crippen molar-refractivity contribution in [3.8, 4) is 45.3 Å². The fourth-order valence-corrected chi connectivity index (χ4v) is 12.0. The van der Waals surface area contributed by atoms with Gasteiger partial charge in [-0.3, -0.25) is 0 Å². The Morgan fingerprint density at radius 3 is 1.10 bits per heavy atom. The van der Waals surface area contributed by atoms with Crippen LogP contribution in [-0.4, -0.2) is 13.4 Å². The van der Waals surface area contributed by atoms with Crippen LogP contribution in [0.3, 0.4) is 0 Å². The summed E-state index contributed by atoms with van der Waals surface area (Å²) in [5.74, 6) is 3.42. The largest absolute Gasteiger partial charge is 0.458 e. The van der Waals surface area contributed by atoms with Crippen LogP contribution in [0, 0.1) is 55.4 Å². The van der Waals surface area contributed by atoms with E-state index in [-0.39, 0.29) is 13.4 Å². The summed E-state index contributed by atoms with van der Waals surface area (Å²) in [6.07, 6.45) is 0. The first-order chi connectivity index (χ1) is 33.0. The lowest BCUT2D eigenvalue weighted by molar-refractivity contribution is 0.466. The molecule has 9 aromatic carbocycles. The van der Waals surface area contributed by atoms with E-state index in [1.807, 2.05) is 0 Å². The SMILES string of the molecule is Cc1ccc(N2c3ccc(C)cc3B3c4cc5c(cc4Oc4cc(-c6c(C)cccc6C)cc2c43)Oc2cc(-c3c(C)cccc3C)cc3c2B5c2cc(C)ccc2N3c2ccc(C)cc2)cc1. The highest BCUT2D eigenvalue weighted by Gasteiger charge is 2.47. The Morgan fingerprint density at radius 1 is 0.324 bits per heavy atom. The summed E-state index contributed by atoms with van der Waals surface area (Å²) in [6.45, 7) is 17.4.